The lowest BCUT2D eigenvalue weighted by molar-refractivity contribution is -0.140. The minimum Gasteiger partial charge on any atom is -0.497 e. The van der Waals surface area contributed by atoms with Crippen molar-refractivity contribution in [2.24, 2.45) is 0 Å². The molecular weight excluding hydrogens is 282 g/mol. The lowest BCUT2D eigenvalue weighted by Gasteiger charge is -2.20. The second kappa shape index (κ2) is 7.13. The summed E-state index contributed by atoms with van der Waals surface area (Å²) in [6.07, 6.45) is 0. The van der Waals surface area contributed by atoms with Crippen LogP contribution in [-0.2, 0) is 9.59 Å². The van der Waals surface area contributed by atoms with Crippen LogP contribution in [0.4, 0.5) is 0 Å². The number of carboxylic acids is 2. The molecule has 0 fully saturated rings. The van der Waals surface area contributed by atoms with Crippen LogP contribution < -0.4 is 9.47 Å². The molecule has 2 N–H and O–H groups in total. The van der Waals surface area contributed by atoms with Crippen LogP contribution in [0.2, 0.25) is 0 Å². The minimum absolute atomic E-state index is 0.0272. The van der Waals surface area contributed by atoms with Crippen molar-refractivity contribution in [3.63, 3.8) is 0 Å². The van der Waals surface area contributed by atoms with E-state index in [1.165, 1.54) is 26.4 Å². The van der Waals surface area contributed by atoms with Gasteiger partial charge in [-0.1, -0.05) is 0 Å². The van der Waals surface area contributed by atoms with Crippen LogP contribution >= 0.6 is 0 Å². The van der Waals surface area contributed by atoms with E-state index in [2.05, 4.69) is 0 Å². The number of nitrogens with zero attached hydrogens (tertiary/aromatic N) is 1. The van der Waals surface area contributed by atoms with Gasteiger partial charge in [-0.3, -0.25) is 14.4 Å². The summed E-state index contributed by atoms with van der Waals surface area (Å²) in [5.41, 5.74) is 0.0272. The van der Waals surface area contributed by atoms with Crippen molar-refractivity contribution < 1.29 is 34.1 Å². The van der Waals surface area contributed by atoms with Crippen molar-refractivity contribution in [1.29, 1.82) is 0 Å². The molecule has 8 nitrogen and oxygen atoms in total. The maximum atomic E-state index is 12.3. The van der Waals surface area contributed by atoms with Gasteiger partial charge in [0.15, 0.2) is 0 Å². The van der Waals surface area contributed by atoms with Crippen LogP contribution in [0.25, 0.3) is 0 Å². The third kappa shape index (κ3) is 4.37. The number of benzene rings is 1. The van der Waals surface area contributed by atoms with Gasteiger partial charge in [-0.15, -0.1) is 0 Å². The van der Waals surface area contributed by atoms with Crippen molar-refractivity contribution >= 4 is 17.8 Å². The summed E-state index contributed by atoms with van der Waals surface area (Å²) >= 11 is 0. The Bertz CT molecular complexity index is 539. The first kappa shape index (κ1) is 16.3. The van der Waals surface area contributed by atoms with Gasteiger partial charge in [0.2, 0.25) is 0 Å². The van der Waals surface area contributed by atoms with Gasteiger partial charge in [0.25, 0.3) is 5.91 Å². The van der Waals surface area contributed by atoms with Gasteiger partial charge in [0, 0.05) is 0 Å². The molecule has 21 heavy (non-hydrogen) atoms. The monoisotopic (exact) mass is 297 g/mol. The summed E-state index contributed by atoms with van der Waals surface area (Å²) in [5.74, 6) is -2.83. The van der Waals surface area contributed by atoms with Crippen LogP contribution in [0, 0.1) is 0 Å². The van der Waals surface area contributed by atoms with Crippen LogP contribution in [0.3, 0.4) is 0 Å². The van der Waals surface area contributed by atoms with E-state index >= 15 is 0 Å². The Kier molecular flexibility index (Phi) is 5.53. The van der Waals surface area contributed by atoms with Gasteiger partial charge >= 0.3 is 11.9 Å². The largest absolute Gasteiger partial charge is 0.497 e. The highest BCUT2D eigenvalue weighted by Gasteiger charge is 2.24. The van der Waals surface area contributed by atoms with Gasteiger partial charge in [-0.2, -0.15) is 0 Å². The molecule has 0 aliphatic heterocycles. The summed E-state index contributed by atoms with van der Waals surface area (Å²) in [4.78, 5) is 34.5. The Balaban J connectivity index is 3.17. The van der Waals surface area contributed by atoms with Crippen LogP contribution in [0.1, 0.15) is 10.4 Å². The molecule has 0 aliphatic carbocycles. The maximum absolute atomic E-state index is 12.3. The van der Waals surface area contributed by atoms with Crippen molar-refractivity contribution in [2.45, 2.75) is 0 Å². The zero-order chi connectivity index (χ0) is 16.0. The number of methoxy groups -OCH3 is 2. The zero-order valence-electron chi connectivity index (χ0n) is 11.5. The highest BCUT2D eigenvalue weighted by atomic mass is 16.5. The van der Waals surface area contributed by atoms with E-state index in [0.717, 1.165) is 0 Å². The number of hydrogen-bond donors (Lipinski definition) is 2. The molecular formula is C13H15NO7. The molecule has 0 spiro atoms. The fourth-order valence-corrected chi connectivity index (χ4v) is 1.68. The number of carbonyl (C=O) groups is 3. The second-order valence-corrected chi connectivity index (χ2v) is 4.01. The number of amides is 1. The van der Waals surface area contributed by atoms with Gasteiger partial charge < -0.3 is 24.6 Å². The van der Waals surface area contributed by atoms with Crippen molar-refractivity contribution in [3.8, 4) is 11.5 Å². The summed E-state index contributed by atoms with van der Waals surface area (Å²) < 4.78 is 10.0. The SMILES string of the molecule is COc1ccc(OC)c(C(=O)N(CC(=O)O)CC(=O)O)c1. The van der Waals surface area contributed by atoms with Crippen molar-refractivity contribution in [3.05, 3.63) is 23.8 Å². The maximum Gasteiger partial charge on any atom is 0.323 e. The molecule has 1 amide bonds. The molecule has 8 heteroatoms. The van der Waals surface area contributed by atoms with Crippen molar-refractivity contribution in [2.75, 3.05) is 27.3 Å². The molecule has 0 bridgehead atoms. The van der Waals surface area contributed by atoms with E-state index in [9.17, 15) is 14.4 Å². The Morgan fingerprint density at radius 1 is 1.05 bits per heavy atom. The predicted octanol–water partition coefficient (Wildman–Crippen LogP) is 0.315. The van der Waals surface area contributed by atoms with Gasteiger partial charge in [-0.05, 0) is 18.2 Å². The number of aliphatic carboxylic acids is 2. The first-order chi connectivity index (χ1) is 9.88. The third-order valence-corrected chi connectivity index (χ3v) is 2.58. The fraction of sp³-hybridized carbons (Fsp3) is 0.308. The topological polar surface area (TPSA) is 113 Å². The lowest BCUT2D eigenvalue weighted by atomic mass is 10.1. The average molecular weight is 297 g/mol. The molecule has 0 saturated carbocycles. The van der Waals surface area contributed by atoms with E-state index in [4.69, 9.17) is 19.7 Å². The second-order valence-electron chi connectivity index (χ2n) is 4.01. The lowest BCUT2D eigenvalue weighted by Crippen LogP contribution is -2.39. The summed E-state index contributed by atoms with van der Waals surface area (Å²) in [7, 11) is 2.75. The summed E-state index contributed by atoms with van der Waals surface area (Å²) in [6.45, 7) is -1.46. The first-order valence-corrected chi connectivity index (χ1v) is 5.84. The average Bonchev–Trinajstić information content (AvgIpc) is 2.44. The summed E-state index contributed by atoms with van der Waals surface area (Å²) in [5, 5.41) is 17.6. The Hall–Kier alpha value is -2.77. The molecule has 0 unspecified atom stereocenters. The predicted molar refractivity (Wildman–Crippen MR) is 70.7 cm³/mol. The highest BCUT2D eigenvalue weighted by Crippen LogP contribution is 2.25. The Morgan fingerprint density at radius 3 is 2.05 bits per heavy atom. The van der Waals surface area contributed by atoms with E-state index in [-0.39, 0.29) is 11.3 Å². The number of hydrogen-bond acceptors (Lipinski definition) is 5. The molecule has 0 radical (unpaired) electrons. The van der Waals surface area contributed by atoms with Gasteiger partial charge in [0.05, 0.1) is 19.8 Å². The number of carbonyl (C=O) groups excluding carboxylic acids is 1. The van der Waals surface area contributed by atoms with Crippen LogP contribution in [0.15, 0.2) is 18.2 Å². The standard InChI is InChI=1S/C13H15NO7/c1-20-8-3-4-10(21-2)9(5-8)13(19)14(6-11(15)16)7-12(17)18/h3-5H,6-7H2,1-2H3,(H,15,16)(H,17,18). The van der Waals surface area contributed by atoms with Crippen molar-refractivity contribution in [1.82, 2.24) is 4.90 Å². The Labute approximate surface area is 120 Å². The smallest absolute Gasteiger partial charge is 0.323 e. The molecule has 0 saturated heterocycles. The number of ether oxygens (including phenoxy) is 2. The van der Waals surface area contributed by atoms with E-state index in [1.807, 2.05) is 0 Å². The van der Waals surface area contributed by atoms with E-state index < -0.39 is 30.9 Å². The van der Waals surface area contributed by atoms with E-state index in [1.54, 1.807) is 6.07 Å². The van der Waals surface area contributed by atoms with Gasteiger partial charge in [-0.25, -0.2) is 0 Å². The zero-order valence-corrected chi connectivity index (χ0v) is 11.5. The van der Waals surface area contributed by atoms with Gasteiger partial charge in [0.1, 0.15) is 24.6 Å². The third-order valence-electron chi connectivity index (χ3n) is 2.58. The molecule has 0 aromatic heterocycles. The molecule has 0 atom stereocenters. The highest BCUT2D eigenvalue weighted by molar-refractivity contribution is 6.00. The Morgan fingerprint density at radius 2 is 1.62 bits per heavy atom. The number of rotatable bonds is 7. The molecule has 1 aromatic carbocycles. The number of carboxylic acid groups (broad SMARTS) is 2. The van der Waals surface area contributed by atoms with E-state index in [0.29, 0.717) is 10.6 Å². The van der Waals surface area contributed by atoms with Crippen LogP contribution in [0.5, 0.6) is 11.5 Å². The molecule has 114 valence electrons. The fourth-order valence-electron chi connectivity index (χ4n) is 1.68. The molecule has 1 rings (SSSR count). The molecule has 1 aromatic rings. The minimum atomic E-state index is -1.31. The normalized spacial score (nSPS) is 9.81. The molecule has 0 heterocycles. The quantitative estimate of drug-likeness (QED) is 0.744. The van der Waals surface area contributed by atoms with Crippen LogP contribution in [-0.4, -0.2) is 60.3 Å². The molecule has 0 aliphatic rings. The first-order valence-electron chi connectivity index (χ1n) is 5.84. The summed E-state index contributed by atoms with van der Waals surface area (Å²) in [6, 6.07) is 4.40.